The zero-order chi connectivity index (χ0) is 28.1. The average molecular weight is 534 g/mol. The van der Waals surface area contributed by atoms with Crippen LogP contribution in [0.5, 0.6) is 28.7 Å². The molecular formula is C25H26O13. The molecule has 1 aliphatic heterocycles. The lowest BCUT2D eigenvalue weighted by Gasteiger charge is -2.41. The van der Waals surface area contributed by atoms with Gasteiger partial charge in [-0.1, -0.05) is 12.1 Å². The van der Waals surface area contributed by atoms with Gasteiger partial charge in [-0.3, -0.25) is 14.4 Å². The monoisotopic (exact) mass is 534 g/mol. The summed E-state index contributed by atoms with van der Waals surface area (Å²) in [4.78, 5) is 35.2. The van der Waals surface area contributed by atoms with Crippen LogP contribution in [0.15, 0.2) is 36.4 Å². The van der Waals surface area contributed by atoms with Crippen LogP contribution in [-0.4, -0.2) is 85.7 Å². The topological polar surface area (TPSA) is 210 Å². The highest BCUT2D eigenvalue weighted by Gasteiger charge is 2.48. The highest BCUT2D eigenvalue weighted by atomic mass is 16.7. The molecule has 2 aromatic carbocycles. The lowest BCUT2D eigenvalue weighted by atomic mass is 9.99. The highest BCUT2D eigenvalue weighted by molar-refractivity contribution is 6.09. The van der Waals surface area contributed by atoms with Gasteiger partial charge in [0.05, 0.1) is 5.56 Å². The predicted octanol–water partition coefficient (Wildman–Crippen LogP) is 0.725. The Balaban J connectivity index is 1.79. The number of hydrogen-bond acceptors (Lipinski definition) is 13. The van der Waals surface area contributed by atoms with Gasteiger partial charge in [0.25, 0.3) is 0 Å². The van der Waals surface area contributed by atoms with E-state index in [9.17, 15) is 45.0 Å². The minimum absolute atomic E-state index is 0.318. The second kappa shape index (κ2) is 11.8. The van der Waals surface area contributed by atoms with Gasteiger partial charge in [-0.05, 0) is 35.9 Å². The quantitative estimate of drug-likeness (QED) is 0.120. The van der Waals surface area contributed by atoms with Crippen molar-refractivity contribution in [1.29, 1.82) is 0 Å². The third-order valence-electron chi connectivity index (χ3n) is 5.44. The Morgan fingerprint density at radius 1 is 0.921 bits per heavy atom. The average Bonchev–Trinajstić information content (AvgIpc) is 2.85. The van der Waals surface area contributed by atoms with E-state index in [4.69, 9.17) is 18.9 Å². The molecule has 1 fully saturated rings. The van der Waals surface area contributed by atoms with E-state index in [1.54, 1.807) is 0 Å². The number of hydrogen-bond donors (Lipinski definition) is 6. The van der Waals surface area contributed by atoms with Crippen LogP contribution >= 0.6 is 0 Å². The molecule has 1 aliphatic rings. The SMILES string of the molecule is CC(=O)OC[C@H]1O[C@@H](Oc2ccc(C(=O)/C=C/c3ccc(O)c(O)c3)c(O)c2O)[C@H](O)[C@@H](O)[C@@H]1OC(C)=O. The molecular weight excluding hydrogens is 508 g/mol. The molecule has 0 bridgehead atoms. The van der Waals surface area contributed by atoms with E-state index in [1.807, 2.05) is 0 Å². The Bertz CT molecular complexity index is 1240. The fourth-order valence-corrected chi connectivity index (χ4v) is 3.56. The summed E-state index contributed by atoms with van der Waals surface area (Å²) in [6, 6.07) is 6.08. The molecule has 0 unspecified atom stereocenters. The maximum Gasteiger partial charge on any atom is 0.303 e. The van der Waals surface area contributed by atoms with Crippen LogP contribution in [0.25, 0.3) is 6.08 Å². The van der Waals surface area contributed by atoms with Crippen LogP contribution in [-0.2, 0) is 23.8 Å². The first kappa shape index (κ1) is 28.2. The minimum atomic E-state index is -1.81. The third kappa shape index (κ3) is 6.51. The van der Waals surface area contributed by atoms with Crippen molar-refractivity contribution >= 4 is 23.8 Å². The van der Waals surface area contributed by atoms with Gasteiger partial charge in [-0.25, -0.2) is 0 Å². The molecule has 0 aromatic heterocycles. The number of allylic oxidation sites excluding steroid dienone is 1. The first-order valence-electron chi connectivity index (χ1n) is 11.2. The Morgan fingerprint density at radius 3 is 2.26 bits per heavy atom. The number of ether oxygens (including phenoxy) is 4. The second-order valence-corrected chi connectivity index (χ2v) is 8.27. The predicted molar refractivity (Wildman–Crippen MR) is 126 cm³/mol. The van der Waals surface area contributed by atoms with E-state index in [0.29, 0.717) is 5.56 Å². The fraction of sp³-hybridized carbons (Fsp3) is 0.320. The molecule has 6 N–H and O–H groups in total. The summed E-state index contributed by atoms with van der Waals surface area (Å²) in [5.41, 5.74) is 0.0524. The van der Waals surface area contributed by atoms with E-state index >= 15 is 0 Å². The minimum Gasteiger partial charge on any atom is -0.504 e. The number of aromatic hydroxyl groups is 4. The maximum atomic E-state index is 12.5. The molecule has 0 amide bonds. The van der Waals surface area contributed by atoms with Crippen molar-refractivity contribution < 1.29 is 64.0 Å². The first-order chi connectivity index (χ1) is 17.9. The Hall–Kier alpha value is -4.33. The molecule has 204 valence electrons. The van der Waals surface area contributed by atoms with Gasteiger partial charge in [0.1, 0.15) is 24.9 Å². The summed E-state index contributed by atoms with van der Waals surface area (Å²) in [6.45, 7) is 1.72. The van der Waals surface area contributed by atoms with E-state index < -0.39 is 78.0 Å². The molecule has 13 heteroatoms. The zero-order valence-electron chi connectivity index (χ0n) is 20.2. The molecule has 3 rings (SSSR count). The standard InChI is InChI=1S/C25H26O13/c1-11(26)35-10-19-24(36-12(2)27)22(33)23(34)25(38-19)37-18-8-5-14(20(31)21(18)32)15(28)6-3-13-4-7-16(29)17(30)9-13/h3-9,19,22-25,29-34H,10H2,1-2H3/b6-3+/t19-,22-,23-,24-,25-/m1/s1. The van der Waals surface area contributed by atoms with E-state index in [-0.39, 0.29) is 11.3 Å². The highest BCUT2D eigenvalue weighted by Crippen LogP contribution is 2.40. The van der Waals surface area contributed by atoms with Crippen LogP contribution in [0.1, 0.15) is 29.8 Å². The summed E-state index contributed by atoms with van der Waals surface area (Å²) >= 11 is 0. The van der Waals surface area contributed by atoms with Crippen LogP contribution in [0.2, 0.25) is 0 Å². The molecule has 5 atom stereocenters. The number of benzene rings is 2. The number of phenols is 4. The van der Waals surface area contributed by atoms with Crippen molar-refractivity contribution in [2.24, 2.45) is 0 Å². The van der Waals surface area contributed by atoms with Gasteiger partial charge >= 0.3 is 11.9 Å². The number of aliphatic hydroxyl groups is 2. The number of carbonyl (C=O) groups is 3. The van der Waals surface area contributed by atoms with Crippen molar-refractivity contribution in [2.45, 2.75) is 44.6 Å². The molecule has 1 saturated heterocycles. The lowest BCUT2D eigenvalue weighted by molar-refractivity contribution is -0.282. The summed E-state index contributed by atoms with van der Waals surface area (Å²) in [5, 5.41) is 60.6. The van der Waals surface area contributed by atoms with Gasteiger partial charge < -0.3 is 49.6 Å². The number of aliphatic hydroxyl groups excluding tert-OH is 2. The lowest BCUT2D eigenvalue weighted by Crippen LogP contribution is -2.61. The summed E-state index contributed by atoms with van der Waals surface area (Å²) in [5.74, 6) is -5.12. The molecule has 13 nitrogen and oxygen atoms in total. The van der Waals surface area contributed by atoms with E-state index in [0.717, 1.165) is 32.1 Å². The molecule has 0 aliphatic carbocycles. The summed E-state index contributed by atoms with van der Waals surface area (Å²) in [6.07, 6.45) is -5.53. The Labute approximate surface area is 215 Å². The number of esters is 2. The van der Waals surface area contributed by atoms with E-state index in [2.05, 4.69) is 0 Å². The van der Waals surface area contributed by atoms with Crippen molar-refractivity contribution in [3.63, 3.8) is 0 Å². The van der Waals surface area contributed by atoms with Crippen LogP contribution in [0, 0.1) is 0 Å². The largest absolute Gasteiger partial charge is 0.504 e. The second-order valence-electron chi connectivity index (χ2n) is 8.27. The Morgan fingerprint density at radius 2 is 1.63 bits per heavy atom. The van der Waals surface area contributed by atoms with Crippen LogP contribution in [0.4, 0.5) is 0 Å². The number of rotatable bonds is 8. The number of ketones is 1. The van der Waals surface area contributed by atoms with Crippen LogP contribution in [0.3, 0.4) is 0 Å². The van der Waals surface area contributed by atoms with Crippen molar-refractivity contribution in [2.75, 3.05) is 6.61 Å². The van der Waals surface area contributed by atoms with Gasteiger partial charge in [0.2, 0.25) is 12.0 Å². The summed E-state index contributed by atoms with van der Waals surface area (Å²) in [7, 11) is 0. The van der Waals surface area contributed by atoms with Gasteiger partial charge in [-0.2, -0.15) is 0 Å². The van der Waals surface area contributed by atoms with Gasteiger partial charge in [0, 0.05) is 13.8 Å². The molecule has 2 aromatic rings. The Kier molecular flexibility index (Phi) is 8.78. The van der Waals surface area contributed by atoms with Crippen molar-refractivity contribution in [3.8, 4) is 28.7 Å². The van der Waals surface area contributed by atoms with Crippen molar-refractivity contribution in [1.82, 2.24) is 0 Å². The molecule has 0 radical (unpaired) electrons. The number of phenolic OH excluding ortho intramolecular Hbond substituents is 4. The normalized spacial score (nSPS) is 23.1. The maximum absolute atomic E-state index is 12.5. The summed E-state index contributed by atoms with van der Waals surface area (Å²) < 4.78 is 20.8. The molecule has 0 spiro atoms. The molecule has 0 saturated carbocycles. The molecule has 1 heterocycles. The van der Waals surface area contributed by atoms with E-state index in [1.165, 1.54) is 24.3 Å². The smallest absolute Gasteiger partial charge is 0.303 e. The van der Waals surface area contributed by atoms with Crippen molar-refractivity contribution in [3.05, 3.63) is 47.5 Å². The molecule has 38 heavy (non-hydrogen) atoms. The van der Waals surface area contributed by atoms with Gasteiger partial charge in [0.15, 0.2) is 34.9 Å². The fourth-order valence-electron chi connectivity index (χ4n) is 3.56. The van der Waals surface area contributed by atoms with Crippen LogP contribution < -0.4 is 4.74 Å². The number of carbonyl (C=O) groups excluding carboxylic acids is 3. The van der Waals surface area contributed by atoms with Gasteiger partial charge in [-0.15, -0.1) is 0 Å². The zero-order valence-corrected chi connectivity index (χ0v) is 20.2. The first-order valence-corrected chi connectivity index (χ1v) is 11.2. The third-order valence-corrected chi connectivity index (χ3v) is 5.44.